The predicted octanol–water partition coefficient (Wildman–Crippen LogP) is 6.86. The lowest BCUT2D eigenvalue weighted by Crippen LogP contribution is -2.50. The average Bonchev–Trinajstić information content (AvgIpc) is 2.82. The van der Waals surface area contributed by atoms with Gasteiger partial charge < -0.3 is 4.90 Å². The lowest BCUT2D eigenvalue weighted by molar-refractivity contribution is -0.519. The Morgan fingerprint density at radius 3 is 2.18 bits per heavy atom. The van der Waals surface area contributed by atoms with E-state index in [1.54, 1.807) is 10.4 Å². The molecule has 0 radical (unpaired) electrons. The van der Waals surface area contributed by atoms with Gasteiger partial charge in [0.25, 0.3) is 0 Å². The summed E-state index contributed by atoms with van der Waals surface area (Å²) in [4.78, 5) is 2.47. The van der Waals surface area contributed by atoms with Gasteiger partial charge in [-0.3, -0.25) is 0 Å². The Labute approximate surface area is 215 Å². The van der Waals surface area contributed by atoms with Crippen molar-refractivity contribution in [2.24, 2.45) is 0 Å². The summed E-state index contributed by atoms with van der Waals surface area (Å²) in [6, 6.07) is 14.0. The van der Waals surface area contributed by atoms with Crippen molar-refractivity contribution in [3.63, 3.8) is 0 Å². The van der Waals surface area contributed by atoms with Gasteiger partial charge in [-0.25, -0.2) is 4.58 Å². The van der Waals surface area contributed by atoms with E-state index in [2.05, 4.69) is 128 Å². The molecule has 2 nitrogen and oxygen atoms in total. The molecule has 0 N–H and O–H groups in total. The zero-order valence-corrected chi connectivity index (χ0v) is 24.4. The maximum absolute atomic E-state index is 3.67. The fraction of sp³-hybridized carbons (Fsp3) is 0.367. The smallest absolute Gasteiger partial charge is 0.197 e. The molecule has 179 valence electrons. The van der Waals surface area contributed by atoms with E-state index in [0.29, 0.717) is 0 Å². The Morgan fingerprint density at radius 1 is 0.882 bits per heavy atom. The molecule has 4 heteroatoms. The molecule has 0 spiro atoms. The molecule has 1 heterocycles. The van der Waals surface area contributed by atoms with Crippen molar-refractivity contribution in [1.82, 2.24) is 0 Å². The largest absolute Gasteiger partial charge is 0.372 e. The Morgan fingerprint density at radius 2 is 1.56 bits per heavy atom. The van der Waals surface area contributed by atoms with Gasteiger partial charge in [0.15, 0.2) is 5.71 Å². The monoisotopic (exact) mass is 533 g/mol. The fourth-order valence-electron chi connectivity index (χ4n) is 5.59. The number of hydrogen-bond donors (Lipinski definition) is 0. The average molecular weight is 535 g/mol. The molecule has 4 rings (SSSR count). The van der Waals surface area contributed by atoms with Crippen molar-refractivity contribution in [2.45, 2.75) is 47.7 Å². The number of fused-ring (bicyclic) bond motifs is 2. The van der Waals surface area contributed by atoms with Crippen molar-refractivity contribution < 1.29 is 4.58 Å². The van der Waals surface area contributed by atoms with Crippen LogP contribution in [0.1, 0.15) is 44.4 Å². The SMILES string of the molecule is CCN(CC)c1ccc2c(c1)[Si-](C)(C)C1=CC(=[N+](CC)CC)C=CC1=C2c1ccc(Br)cc1C. The number of benzene rings is 2. The minimum absolute atomic E-state index is 1.03. The van der Waals surface area contributed by atoms with E-state index in [-0.39, 0.29) is 0 Å². The molecule has 1 aliphatic heterocycles. The van der Waals surface area contributed by atoms with Crippen molar-refractivity contribution >= 4 is 46.2 Å². The van der Waals surface area contributed by atoms with Crippen LogP contribution in [0.3, 0.4) is 0 Å². The molecule has 0 aromatic heterocycles. The van der Waals surface area contributed by atoms with Crippen LogP contribution in [-0.4, -0.2) is 44.5 Å². The first-order chi connectivity index (χ1) is 16.3. The lowest BCUT2D eigenvalue weighted by Gasteiger charge is -2.47. The quantitative estimate of drug-likeness (QED) is 0.290. The van der Waals surface area contributed by atoms with Crippen molar-refractivity contribution in [3.8, 4) is 0 Å². The van der Waals surface area contributed by atoms with E-state index in [1.807, 2.05) is 0 Å². The van der Waals surface area contributed by atoms with Crippen LogP contribution < -0.4 is 10.1 Å². The number of rotatable bonds is 6. The third kappa shape index (κ3) is 4.20. The number of nitrogens with zero attached hydrogens (tertiary/aromatic N) is 2. The number of anilines is 1. The summed E-state index contributed by atoms with van der Waals surface area (Å²) in [7, 11) is -1.92. The zero-order valence-electron chi connectivity index (χ0n) is 21.8. The van der Waals surface area contributed by atoms with Crippen LogP contribution in [-0.2, 0) is 0 Å². The van der Waals surface area contributed by atoms with Crippen LogP contribution in [0, 0.1) is 6.92 Å². The molecule has 1 aliphatic carbocycles. The normalized spacial score (nSPS) is 16.2. The van der Waals surface area contributed by atoms with Crippen LogP contribution in [0.5, 0.6) is 0 Å². The molecule has 0 saturated heterocycles. The summed E-state index contributed by atoms with van der Waals surface area (Å²) in [6.45, 7) is 20.4. The van der Waals surface area contributed by atoms with Gasteiger partial charge in [0.05, 0.1) is 0 Å². The highest BCUT2D eigenvalue weighted by Gasteiger charge is 2.32. The molecule has 0 unspecified atom stereocenters. The Kier molecular flexibility index (Phi) is 7.21. The van der Waals surface area contributed by atoms with E-state index < -0.39 is 8.07 Å². The molecular formula is C30H38BrN2Si. The third-order valence-corrected chi connectivity index (χ3v) is 11.6. The van der Waals surface area contributed by atoms with Crippen molar-refractivity contribution in [3.05, 3.63) is 86.6 Å². The summed E-state index contributed by atoms with van der Waals surface area (Å²) >= 11 is 3.67. The van der Waals surface area contributed by atoms with Gasteiger partial charge in [0.2, 0.25) is 0 Å². The summed E-state index contributed by atoms with van der Waals surface area (Å²) in [5.41, 5.74) is 9.56. The van der Waals surface area contributed by atoms with E-state index in [0.717, 1.165) is 30.7 Å². The van der Waals surface area contributed by atoms with E-state index in [4.69, 9.17) is 0 Å². The maximum atomic E-state index is 3.67. The van der Waals surface area contributed by atoms with Gasteiger partial charge in [-0.1, -0.05) is 48.3 Å². The molecule has 2 aromatic carbocycles. The second-order valence-corrected chi connectivity index (χ2v) is 15.0. The number of hydrogen-bond acceptors (Lipinski definition) is 1. The van der Waals surface area contributed by atoms with Gasteiger partial charge in [-0.2, -0.15) is 23.5 Å². The molecule has 0 fully saturated rings. The van der Waals surface area contributed by atoms with Crippen molar-refractivity contribution in [2.75, 3.05) is 31.1 Å². The van der Waals surface area contributed by atoms with Crippen LogP contribution in [0.15, 0.2) is 69.9 Å². The van der Waals surface area contributed by atoms with Crippen LogP contribution >= 0.6 is 15.9 Å². The van der Waals surface area contributed by atoms with Crippen LogP contribution in [0.25, 0.3) is 5.57 Å². The maximum Gasteiger partial charge on any atom is 0.197 e. The molecule has 0 bridgehead atoms. The predicted molar refractivity (Wildman–Crippen MR) is 156 cm³/mol. The third-order valence-electron chi connectivity index (χ3n) is 7.61. The van der Waals surface area contributed by atoms with Gasteiger partial charge in [-0.05, 0) is 86.7 Å². The first-order valence-electron chi connectivity index (χ1n) is 12.7. The zero-order chi connectivity index (χ0) is 24.6. The van der Waals surface area contributed by atoms with Crippen molar-refractivity contribution in [1.29, 1.82) is 0 Å². The minimum atomic E-state index is -1.92. The molecule has 0 amide bonds. The van der Waals surface area contributed by atoms with Gasteiger partial charge >= 0.3 is 0 Å². The minimum Gasteiger partial charge on any atom is -0.372 e. The van der Waals surface area contributed by atoms with Gasteiger partial charge in [0.1, 0.15) is 13.1 Å². The van der Waals surface area contributed by atoms with Gasteiger partial charge in [0, 0.05) is 29.3 Å². The highest BCUT2D eigenvalue weighted by molar-refractivity contribution is 9.10. The lowest BCUT2D eigenvalue weighted by atomic mass is 9.87. The number of allylic oxidation sites excluding steroid dienone is 5. The molecule has 0 saturated carbocycles. The van der Waals surface area contributed by atoms with E-state index in [9.17, 15) is 0 Å². The Hall–Kier alpha value is -2.17. The number of halogens is 1. The first kappa shape index (κ1) is 24.9. The number of aryl methyl sites for hydroxylation is 1. The van der Waals surface area contributed by atoms with E-state index >= 15 is 0 Å². The molecule has 34 heavy (non-hydrogen) atoms. The first-order valence-corrected chi connectivity index (χ1v) is 16.5. The fourth-order valence-corrected chi connectivity index (χ4v) is 9.14. The topological polar surface area (TPSA) is 6.25 Å². The van der Waals surface area contributed by atoms with Crippen LogP contribution in [0.4, 0.5) is 5.69 Å². The highest BCUT2D eigenvalue weighted by Crippen LogP contribution is 2.43. The standard InChI is InChI=1S/C30H38BrN2Si/c1-8-32(9-2)23-13-16-26-28(19-23)34(6,7)29-20-24(33(10-3)11-4)14-17-27(29)30(26)25-15-12-22(31)18-21(25)5/h12-20H,8-11H2,1-7H3. The Balaban J connectivity index is 2.06. The molecule has 2 aromatic rings. The van der Waals surface area contributed by atoms with E-state index in [1.165, 1.54) is 39.2 Å². The van der Waals surface area contributed by atoms with Gasteiger partial charge in [-0.15, -0.1) is 0 Å². The second kappa shape index (κ2) is 9.83. The summed E-state index contributed by atoms with van der Waals surface area (Å²) < 4.78 is 3.60. The second-order valence-electron chi connectivity index (χ2n) is 9.76. The Bertz CT molecular complexity index is 1240. The molecule has 2 aliphatic rings. The highest BCUT2D eigenvalue weighted by atomic mass is 79.9. The molecular weight excluding hydrogens is 496 g/mol. The summed E-state index contributed by atoms with van der Waals surface area (Å²) in [5, 5.41) is 3.11. The van der Waals surface area contributed by atoms with Crippen LogP contribution in [0.2, 0.25) is 13.1 Å². The molecule has 0 atom stereocenters. The summed E-state index contributed by atoms with van der Waals surface area (Å²) in [6.07, 6.45) is 7.24. The summed E-state index contributed by atoms with van der Waals surface area (Å²) in [5.74, 6) is 0.